The first-order chi connectivity index (χ1) is 17.2. The first kappa shape index (κ1) is 32.0. The number of phenolic OH excluding ortho intramolecular Hbond substituents is 2. The number of benzene rings is 2. The van der Waals surface area contributed by atoms with E-state index in [1.54, 1.807) is 13.0 Å². The summed E-state index contributed by atoms with van der Waals surface area (Å²) in [6, 6.07) is 1.99. The van der Waals surface area contributed by atoms with E-state index in [0.717, 1.165) is 20.8 Å². The summed E-state index contributed by atoms with van der Waals surface area (Å²) >= 11 is 0. The molecule has 2 aromatic carbocycles. The Kier molecular flexibility index (Phi) is 9.77. The lowest BCUT2D eigenvalue weighted by molar-refractivity contribution is -0.0500. The summed E-state index contributed by atoms with van der Waals surface area (Å²) in [4.78, 5) is 45.9. The summed E-state index contributed by atoms with van der Waals surface area (Å²) in [6.07, 6.45) is 1.55. The highest BCUT2D eigenvalue weighted by molar-refractivity contribution is 7.88. The highest BCUT2D eigenvalue weighted by Gasteiger charge is 2.49. The Morgan fingerprint density at radius 1 is 0.789 bits per heavy atom. The third-order valence-corrected chi connectivity index (χ3v) is 6.20. The number of hydrogen-bond donors (Lipinski definition) is 2. The molecule has 2 N–H and O–H groups in total. The molecular formula is C25H25F3O9S. The molecule has 0 fully saturated rings. The van der Waals surface area contributed by atoms with Gasteiger partial charge in [0.15, 0.2) is 23.1 Å². The number of halogens is 3. The van der Waals surface area contributed by atoms with E-state index in [-0.39, 0.29) is 34.0 Å². The third-order valence-electron chi connectivity index (χ3n) is 5.24. The molecule has 2 rings (SSSR count). The van der Waals surface area contributed by atoms with Gasteiger partial charge in [-0.2, -0.15) is 21.6 Å². The SMILES string of the molecule is C=Cc1cc(O)c(C(C)=O)c(C(C)=O)c1C.CC(=O)c1c(O)cc(OS(=O)(=O)C(F)(F)F)c(C)c1C(C)=O. The van der Waals surface area contributed by atoms with Crippen molar-refractivity contribution in [3.8, 4) is 17.2 Å². The highest BCUT2D eigenvalue weighted by atomic mass is 32.2. The molecular weight excluding hydrogens is 533 g/mol. The molecule has 0 saturated carbocycles. The van der Waals surface area contributed by atoms with Gasteiger partial charge in [0.05, 0.1) is 11.1 Å². The Labute approximate surface area is 216 Å². The minimum absolute atomic E-state index is 0.0931. The maximum absolute atomic E-state index is 12.3. The standard InChI is InChI=1S/C13H14O3.C12H11F3O6S/c1-5-10-6-11(16)13(9(4)15)12(7(10)2)8(3)14;1-5-9(21-22(19,20)12(13,14)15)4-8(18)11(7(3)17)10(5)6(2)16/h5-6,16H,1H2,2-4H3;4,18H,1-3H3. The van der Waals surface area contributed by atoms with Gasteiger partial charge in [-0.3, -0.25) is 19.2 Å². The van der Waals surface area contributed by atoms with Gasteiger partial charge in [-0.15, -0.1) is 0 Å². The molecule has 0 spiro atoms. The summed E-state index contributed by atoms with van der Waals surface area (Å²) < 4.78 is 62.9. The molecule has 38 heavy (non-hydrogen) atoms. The molecule has 0 atom stereocenters. The number of alkyl halides is 3. The smallest absolute Gasteiger partial charge is 0.507 e. The number of phenols is 2. The first-order valence-corrected chi connectivity index (χ1v) is 12.0. The minimum Gasteiger partial charge on any atom is -0.507 e. The van der Waals surface area contributed by atoms with Crippen LogP contribution in [0.1, 0.15) is 85.8 Å². The van der Waals surface area contributed by atoms with E-state index >= 15 is 0 Å². The van der Waals surface area contributed by atoms with Crippen LogP contribution in [0.4, 0.5) is 13.2 Å². The van der Waals surface area contributed by atoms with Crippen LogP contribution in [0.3, 0.4) is 0 Å². The molecule has 206 valence electrons. The second-order valence-corrected chi connectivity index (χ2v) is 9.58. The molecule has 2 aromatic rings. The number of rotatable bonds is 7. The van der Waals surface area contributed by atoms with Gasteiger partial charge in [0.1, 0.15) is 17.2 Å². The number of hydrogen-bond acceptors (Lipinski definition) is 9. The van der Waals surface area contributed by atoms with E-state index < -0.39 is 49.8 Å². The van der Waals surface area contributed by atoms with Crippen molar-refractivity contribution in [2.24, 2.45) is 0 Å². The summed E-state index contributed by atoms with van der Waals surface area (Å²) in [6.45, 7) is 11.2. The van der Waals surface area contributed by atoms with Crippen LogP contribution in [0, 0.1) is 13.8 Å². The van der Waals surface area contributed by atoms with Crippen LogP contribution in [0.5, 0.6) is 17.2 Å². The summed E-state index contributed by atoms with van der Waals surface area (Å²) in [5.41, 5.74) is -5.09. The van der Waals surface area contributed by atoms with E-state index in [0.29, 0.717) is 17.2 Å². The second-order valence-electron chi connectivity index (χ2n) is 8.04. The van der Waals surface area contributed by atoms with Gasteiger partial charge in [0.25, 0.3) is 0 Å². The van der Waals surface area contributed by atoms with E-state index in [9.17, 15) is 51.0 Å². The van der Waals surface area contributed by atoms with Crippen molar-refractivity contribution in [3.05, 3.63) is 57.7 Å². The number of carbonyl (C=O) groups is 4. The summed E-state index contributed by atoms with van der Waals surface area (Å²) in [5, 5.41) is 19.4. The molecule has 0 aliphatic carbocycles. The molecule has 0 aromatic heterocycles. The Bertz CT molecular complexity index is 1450. The third kappa shape index (κ3) is 6.65. The largest absolute Gasteiger partial charge is 0.534 e. The lowest BCUT2D eigenvalue weighted by Gasteiger charge is -2.16. The summed E-state index contributed by atoms with van der Waals surface area (Å²) in [7, 11) is -5.97. The molecule has 0 bridgehead atoms. The predicted octanol–water partition coefficient (Wildman–Crippen LogP) is 5.08. The van der Waals surface area contributed by atoms with Crippen LogP contribution in [-0.2, 0) is 10.1 Å². The molecule has 0 radical (unpaired) electrons. The number of Topliss-reactive ketones (excluding diaryl/α,β-unsaturated/α-hetero) is 4. The average Bonchev–Trinajstić information content (AvgIpc) is 2.75. The van der Waals surface area contributed by atoms with Crippen molar-refractivity contribution in [2.75, 3.05) is 0 Å². The fraction of sp³-hybridized carbons (Fsp3) is 0.280. The van der Waals surface area contributed by atoms with Crippen molar-refractivity contribution < 1.29 is 55.2 Å². The van der Waals surface area contributed by atoms with Crippen molar-refractivity contribution in [2.45, 2.75) is 47.1 Å². The lowest BCUT2D eigenvalue weighted by atomic mass is 9.92. The number of carbonyl (C=O) groups excluding carboxylic acids is 4. The Balaban J connectivity index is 0.000000399. The fourth-order valence-electron chi connectivity index (χ4n) is 3.59. The second kappa shape index (κ2) is 11.6. The van der Waals surface area contributed by atoms with E-state index in [1.807, 2.05) is 0 Å². The fourth-order valence-corrected chi connectivity index (χ4v) is 4.09. The van der Waals surface area contributed by atoms with E-state index in [2.05, 4.69) is 10.8 Å². The zero-order valence-corrected chi connectivity index (χ0v) is 22.0. The average molecular weight is 559 g/mol. The quantitative estimate of drug-likeness (QED) is 0.269. The molecule has 9 nitrogen and oxygen atoms in total. The van der Waals surface area contributed by atoms with Crippen LogP contribution < -0.4 is 4.18 Å². The van der Waals surface area contributed by atoms with Crippen molar-refractivity contribution >= 4 is 39.3 Å². The molecule has 0 saturated heterocycles. The molecule has 0 heterocycles. The topological polar surface area (TPSA) is 152 Å². The predicted molar refractivity (Wildman–Crippen MR) is 131 cm³/mol. The zero-order chi connectivity index (χ0) is 29.9. The number of ketones is 4. The van der Waals surface area contributed by atoms with Crippen molar-refractivity contribution in [1.82, 2.24) is 0 Å². The van der Waals surface area contributed by atoms with Crippen LogP contribution in [0.15, 0.2) is 18.7 Å². The Morgan fingerprint density at radius 2 is 1.16 bits per heavy atom. The van der Waals surface area contributed by atoms with Crippen LogP contribution in [0.25, 0.3) is 6.08 Å². The number of aromatic hydroxyl groups is 2. The zero-order valence-electron chi connectivity index (χ0n) is 21.2. The Morgan fingerprint density at radius 3 is 1.50 bits per heavy atom. The van der Waals surface area contributed by atoms with Gasteiger partial charge in [-0.1, -0.05) is 12.7 Å². The maximum Gasteiger partial charge on any atom is 0.534 e. The highest BCUT2D eigenvalue weighted by Crippen LogP contribution is 2.36. The Hall–Kier alpha value is -4.00. The van der Waals surface area contributed by atoms with E-state index in [4.69, 9.17) is 0 Å². The monoisotopic (exact) mass is 558 g/mol. The molecule has 0 unspecified atom stereocenters. The van der Waals surface area contributed by atoms with E-state index in [1.165, 1.54) is 19.9 Å². The normalized spacial score (nSPS) is 11.2. The van der Waals surface area contributed by atoms with Crippen LogP contribution >= 0.6 is 0 Å². The van der Waals surface area contributed by atoms with Crippen LogP contribution in [0.2, 0.25) is 0 Å². The molecule has 0 aliphatic heterocycles. The van der Waals surface area contributed by atoms with Gasteiger partial charge >= 0.3 is 15.6 Å². The van der Waals surface area contributed by atoms with Gasteiger partial charge in [-0.05, 0) is 58.7 Å². The van der Waals surface area contributed by atoms with Crippen molar-refractivity contribution in [1.29, 1.82) is 0 Å². The minimum atomic E-state index is -5.97. The molecule has 0 aliphatic rings. The van der Waals surface area contributed by atoms with Crippen LogP contribution in [-0.4, -0.2) is 47.3 Å². The lowest BCUT2D eigenvalue weighted by Crippen LogP contribution is -2.28. The molecule has 0 amide bonds. The van der Waals surface area contributed by atoms with Gasteiger partial charge in [-0.25, -0.2) is 0 Å². The first-order valence-electron chi connectivity index (χ1n) is 10.6. The maximum atomic E-state index is 12.3. The van der Waals surface area contributed by atoms with Gasteiger partial charge in [0.2, 0.25) is 0 Å². The molecule has 13 heteroatoms. The van der Waals surface area contributed by atoms with Crippen molar-refractivity contribution in [3.63, 3.8) is 0 Å². The van der Waals surface area contributed by atoms with Gasteiger partial charge in [0, 0.05) is 22.8 Å². The van der Waals surface area contributed by atoms with Gasteiger partial charge < -0.3 is 14.4 Å². The summed E-state index contributed by atoms with van der Waals surface area (Å²) in [5.74, 6) is -3.91.